The Morgan fingerprint density at radius 3 is 2.25 bits per heavy atom. The van der Waals surface area contributed by atoms with Gasteiger partial charge in [-0.3, -0.25) is 4.79 Å². The molecule has 3 atom stereocenters. The molecule has 3 N–H and O–H groups in total. The third-order valence-corrected chi connectivity index (χ3v) is 6.16. The van der Waals surface area contributed by atoms with Crippen LogP contribution in [0.4, 0.5) is 0 Å². The molecule has 0 radical (unpaired) electrons. The molecule has 4 aliphatic rings. The average Bonchev–Trinajstić information content (AvgIpc) is 2.24. The van der Waals surface area contributed by atoms with Crippen LogP contribution in [0.15, 0.2) is 0 Å². The molecule has 1 amide bonds. The van der Waals surface area contributed by atoms with Gasteiger partial charge in [0.15, 0.2) is 0 Å². The first kappa shape index (κ1) is 14.4. The number of amides is 1. The van der Waals surface area contributed by atoms with Crippen LogP contribution >= 0.6 is 0 Å². The second kappa shape index (κ2) is 4.46. The van der Waals surface area contributed by atoms with Crippen LogP contribution in [0.3, 0.4) is 0 Å². The first-order chi connectivity index (χ1) is 9.31. The maximum absolute atomic E-state index is 12.5. The lowest BCUT2D eigenvalue weighted by Gasteiger charge is -2.65. The molecule has 4 rings (SSSR count). The van der Waals surface area contributed by atoms with Gasteiger partial charge in [-0.1, -0.05) is 20.8 Å². The molecule has 3 heteroatoms. The van der Waals surface area contributed by atoms with Crippen molar-refractivity contribution in [3.8, 4) is 0 Å². The predicted molar refractivity (Wildman–Crippen MR) is 81.1 cm³/mol. The standard InChI is InChI=1S/C17H30N2O/c1-4-13(8-18)14(20)19-17-7-12-5-15(2,10-17)9-16(3,6-12)11-17/h12-13H,4-11,18H2,1-3H3,(H,19,20). The number of hydrogen-bond donors (Lipinski definition) is 2. The van der Waals surface area contributed by atoms with Gasteiger partial charge in [-0.2, -0.15) is 0 Å². The van der Waals surface area contributed by atoms with Gasteiger partial charge < -0.3 is 11.1 Å². The van der Waals surface area contributed by atoms with Crippen molar-refractivity contribution >= 4 is 5.91 Å². The van der Waals surface area contributed by atoms with Gasteiger partial charge in [0.2, 0.25) is 5.91 Å². The zero-order valence-electron chi connectivity index (χ0n) is 13.3. The summed E-state index contributed by atoms with van der Waals surface area (Å²) in [5.74, 6) is 1.01. The third-order valence-electron chi connectivity index (χ3n) is 6.16. The molecule has 0 aromatic heterocycles. The van der Waals surface area contributed by atoms with Crippen LogP contribution in [0, 0.1) is 22.7 Å². The van der Waals surface area contributed by atoms with Crippen LogP contribution in [-0.4, -0.2) is 18.0 Å². The van der Waals surface area contributed by atoms with Crippen molar-refractivity contribution < 1.29 is 4.79 Å². The van der Waals surface area contributed by atoms with Crippen molar-refractivity contribution in [1.82, 2.24) is 5.32 Å². The fraction of sp³-hybridized carbons (Fsp3) is 0.941. The molecule has 4 aliphatic carbocycles. The first-order valence-electron chi connectivity index (χ1n) is 8.33. The van der Waals surface area contributed by atoms with Gasteiger partial charge in [0.05, 0.1) is 0 Å². The molecule has 4 bridgehead atoms. The number of hydrogen-bond acceptors (Lipinski definition) is 2. The highest BCUT2D eigenvalue weighted by molar-refractivity contribution is 5.79. The summed E-state index contributed by atoms with van der Waals surface area (Å²) < 4.78 is 0. The van der Waals surface area contributed by atoms with Crippen LogP contribution in [0.2, 0.25) is 0 Å². The lowest BCUT2D eigenvalue weighted by molar-refractivity contribution is -0.142. The predicted octanol–water partition coefficient (Wildman–Crippen LogP) is 2.84. The lowest BCUT2D eigenvalue weighted by atomic mass is 9.42. The van der Waals surface area contributed by atoms with Crippen molar-refractivity contribution in [3.63, 3.8) is 0 Å². The molecule has 3 nitrogen and oxygen atoms in total. The maximum atomic E-state index is 12.5. The van der Waals surface area contributed by atoms with Gasteiger partial charge >= 0.3 is 0 Å². The quantitative estimate of drug-likeness (QED) is 0.831. The van der Waals surface area contributed by atoms with E-state index in [1.807, 2.05) is 0 Å². The minimum absolute atomic E-state index is 0.0105. The molecule has 0 aliphatic heterocycles. The second-order valence-electron chi connectivity index (χ2n) is 8.74. The molecule has 0 aromatic carbocycles. The van der Waals surface area contributed by atoms with Gasteiger partial charge in [0.25, 0.3) is 0 Å². The maximum Gasteiger partial charge on any atom is 0.224 e. The summed E-state index contributed by atoms with van der Waals surface area (Å²) in [6.07, 6.45) is 8.49. The minimum atomic E-state index is -0.0105. The van der Waals surface area contributed by atoms with E-state index in [-0.39, 0.29) is 17.4 Å². The van der Waals surface area contributed by atoms with Crippen LogP contribution in [-0.2, 0) is 4.79 Å². The number of nitrogens with two attached hydrogens (primary N) is 1. The van der Waals surface area contributed by atoms with Crippen molar-refractivity contribution in [2.24, 2.45) is 28.4 Å². The molecular weight excluding hydrogens is 248 g/mol. The van der Waals surface area contributed by atoms with E-state index in [1.54, 1.807) is 0 Å². The normalized spacial score (nSPS) is 47.3. The van der Waals surface area contributed by atoms with E-state index >= 15 is 0 Å². The topological polar surface area (TPSA) is 55.1 Å². The molecule has 0 heterocycles. The third kappa shape index (κ3) is 2.28. The van der Waals surface area contributed by atoms with Gasteiger partial charge in [-0.25, -0.2) is 0 Å². The highest BCUT2D eigenvalue weighted by atomic mass is 16.2. The zero-order valence-corrected chi connectivity index (χ0v) is 13.3. The first-order valence-corrected chi connectivity index (χ1v) is 8.33. The Bertz CT molecular complexity index is 397. The number of carbonyl (C=O) groups is 1. The smallest absolute Gasteiger partial charge is 0.224 e. The van der Waals surface area contributed by atoms with E-state index < -0.39 is 0 Å². The van der Waals surface area contributed by atoms with Crippen LogP contribution in [0.1, 0.15) is 65.7 Å². The van der Waals surface area contributed by atoms with E-state index in [9.17, 15) is 4.79 Å². The summed E-state index contributed by atoms with van der Waals surface area (Å²) >= 11 is 0. The Morgan fingerprint density at radius 1 is 1.20 bits per heavy atom. The van der Waals surface area contributed by atoms with E-state index in [0.717, 1.165) is 12.3 Å². The molecule has 4 fully saturated rings. The summed E-state index contributed by atoms with van der Waals surface area (Å²) in [5, 5.41) is 3.46. The largest absolute Gasteiger partial charge is 0.350 e. The molecule has 3 unspecified atom stereocenters. The summed E-state index contributed by atoms with van der Waals surface area (Å²) in [6.45, 7) is 7.41. The average molecular weight is 278 g/mol. The summed E-state index contributed by atoms with van der Waals surface area (Å²) in [4.78, 5) is 12.5. The highest BCUT2D eigenvalue weighted by Crippen LogP contribution is 2.66. The second-order valence-corrected chi connectivity index (χ2v) is 8.74. The monoisotopic (exact) mass is 278 g/mol. The molecule has 0 aromatic rings. The van der Waals surface area contributed by atoms with Crippen molar-refractivity contribution in [2.75, 3.05) is 6.54 Å². The van der Waals surface area contributed by atoms with Gasteiger partial charge in [0.1, 0.15) is 0 Å². The van der Waals surface area contributed by atoms with E-state index in [4.69, 9.17) is 5.73 Å². The van der Waals surface area contributed by atoms with E-state index in [1.165, 1.54) is 38.5 Å². The van der Waals surface area contributed by atoms with Crippen molar-refractivity contribution in [2.45, 2.75) is 71.3 Å². The molecule has 114 valence electrons. The summed E-state index contributed by atoms with van der Waals surface area (Å²) in [6, 6.07) is 0. The molecule has 4 saturated carbocycles. The van der Waals surface area contributed by atoms with Gasteiger partial charge in [-0.15, -0.1) is 0 Å². The number of rotatable bonds is 4. The summed E-state index contributed by atoms with van der Waals surface area (Å²) in [7, 11) is 0. The fourth-order valence-corrected chi connectivity index (χ4v) is 6.41. The number of carbonyl (C=O) groups excluding carboxylic acids is 1. The lowest BCUT2D eigenvalue weighted by Crippen LogP contribution is -2.65. The summed E-state index contributed by atoms with van der Waals surface area (Å²) in [5.41, 5.74) is 6.71. The molecule has 0 spiro atoms. The number of nitrogens with one attached hydrogen (secondary N) is 1. The minimum Gasteiger partial charge on any atom is -0.350 e. The zero-order chi connectivity index (χ0) is 14.6. The van der Waals surface area contributed by atoms with E-state index in [2.05, 4.69) is 26.1 Å². The SMILES string of the molecule is CCC(CN)C(=O)NC12CC3CC(C)(CC(C)(C3)C1)C2. The van der Waals surface area contributed by atoms with Gasteiger partial charge in [-0.05, 0) is 61.7 Å². The van der Waals surface area contributed by atoms with Crippen molar-refractivity contribution in [3.05, 3.63) is 0 Å². The van der Waals surface area contributed by atoms with Crippen LogP contribution in [0.5, 0.6) is 0 Å². The highest BCUT2D eigenvalue weighted by Gasteiger charge is 2.60. The van der Waals surface area contributed by atoms with Crippen LogP contribution < -0.4 is 11.1 Å². The Morgan fingerprint density at radius 2 is 1.80 bits per heavy atom. The Labute approximate surface area is 123 Å². The molecular formula is C17H30N2O. The molecule has 20 heavy (non-hydrogen) atoms. The Hall–Kier alpha value is -0.570. The van der Waals surface area contributed by atoms with Crippen LogP contribution in [0.25, 0.3) is 0 Å². The van der Waals surface area contributed by atoms with E-state index in [0.29, 0.717) is 17.4 Å². The molecule has 0 saturated heterocycles. The van der Waals surface area contributed by atoms with Crippen molar-refractivity contribution in [1.29, 1.82) is 0 Å². The fourth-order valence-electron chi connectivity index (χ4n) is 6.41. The Balaban J connectivity index is 1.80. The van der Waals surface area contributed by atoms with Gasteiger partial charge in [0, 0.05) is 18.0 Å². The Kier molecular flexibility index (Phi) is 3.20.